The zero-order valence-electron chi connectivity index (χ0n) is 8.81. The average molecular weight is 206 g/mol. The summed E-state index contributed by atoms with van der Waals surface area (Å²) >= 11 is 0. The van der Waals surface area contributed by atoms with Crippen molar-refractivity contribution in [2.45, 2.75) is 13.3 Å². The SMILES string of the molecule is C=C(C)CCOc1ccccc1B(O)O. The Morgan fingerprint density at radius 3 is 2.67 bits per heavy atom. The summed E-state index contributed by atoms with van der Waals surface area (Å²) in [5.41, 5.74) is 1.43. The maximum atomic E-state index is 9.07. The van der Waals surface area contributed by atoms with E-state index >= 15 is 0 Å². The number of hydrogen-bond acceptors (Lipinski definition) is 3. The van der Waals surface area contributed by atoms with Crippen LogP contribution in [-0.2, 0) is 0 Å². The summed E-state index contributed by atoms with van der Waals surface area (Å²) in [5.74, 6) is 0.508. The van der Waals surface area contributed by atoms with Gasteiger partial charge in [-0.1, -0.05) is 23.8 Å². The highest BCUT2D eigenvalue weighted by molar-refractivity contribution is 6.59. The first kappa shape index (κ1) is 11.8. The molecule has 0 radical (unpaired) electrons. The molecule has 1 aromatic rings. The fourth-order valence-corrected chi connectivity index (χ4v) is 1.16. The second kappa shape index (κ2) is 5.58. The van der Waals surface area contributed by atoms with E-state index in [1.54, 1.807) is 24.3 Å². The van der Waals surface area contributed by atoms with Crippen molar-refractivity contribution in [1.82, 2.24) is 0 Å². The monoisotopic (exact) mass is 206 g/mol. The van der Waals surface area contributed by atoms with Crippen LogP contribution in [0.15, 0.2) is 36.4 Å². The van der Waals surface area contributed by atoms with Crippen molar-refractivity contribution < 1.29 is 14.8 Å². The van der Waals surface area contributed by atoms with Crippen molar-refractivity contribution >= 4 is 12.6 Å². The molecule has 0 unspecified atom stereocenters. The Balaban J connectivity index is 2.63. The minimum absolute atomic E-state index is 0.388. The molecule has 0 heterocycles. The van der Waals surface area contributed by atoms with Crippen molar-refractivity contribution in [3.63, 3.8) is 0 Å². The van der Waals surface area contributed by atoms with Gasteiger partial charge in [-0.05, 0) is 13.0 Å². The molecule has 1 aromatic carbocycles. The first-order valence-electron chi connectivity index (χ1n) is 4.83. The zero-order valence-corrected chi connectivity index (χ0v) is 8.81. The fraction of sp³-hybridized carbons (Fsp3) is 0.273. The summed E-state index contributed by atoms with van der Waals surface area (Å²) in [6.45, 7) is 6.19. The van der Waals surface area contributed by atoms with Crippen molar-refractivity contribution in [2.24, 2.45) is 0 Å². The predicted octanol–water partition coefficient (Wildman–Crippen LogP) is 0.711. The summed E-state index contributed by atoms with van der Waals surface area (Å²) in [7, 11) is -1.49. The van der Waals surface area contributed by atoms with Crippen LogP contribution in [0.1, 0.15) is 13.3 Å². The summed E-state index contributed by atoms with van der Waals surface area (Å²) in [5, 5.41) is 18.1. The lowest BCUT2D eigenvalue weighted by atomic mass is 9.79. The van der Waals surface area contributed by atoms with Gasteiger partial charge >= 0.3 is 7.12 Å². The molecule has 4 heteroatoms. The van der Waals surface area contributed by atoms with Crippen LogP contribution in [0, 0.1) is 0 Å². The van der Waals surface area contributed by atoms with Gasteiger partial charge in [-0.3, -0.25) is 0 Å². The van der Waals surface area contributed by atoms with E-state index in [4.69, 9.17) is 14.8 Å². The second-order valence-electron chi connectivity index (χ2n) is 3.47. The number of hydrogen-bond donors (Lipinski definition) is 2. The van der Waals surface area contributed by atoms with E-state index < -0.39 is 7.12 Å². The molecule has 0 fully saturated rings. The van der Waals surface area contributed by atoms with E-state index in [9.17, 15) is 0 Å². The lowest BCUT2D eigenvalue weighted by Gasteiger charge is -2.10. The van der Waals surface area contributed by atoms with Crippen molar-refractivity contribution in [3.05, 3.63) is 36.4 Å². The van der Waals surface area contributed by atoms with Gasteiger partial charge in [-0.2, -0.15) is 0 Å². The van der Waals surface area contributed by atoms with Crippen LogP contribution in [0.5, 0.6) is 5.75 Å². The first-order chi connectivity index (χ1) is 7.11. The third kappa shape index (κ3) is 3.77. The Kier molecular flexibility index (Phi) is 4.40. The molecular formula is C11H15BO3. The molecule has 1 rings (SSSR count). The molecule has 3 nitrogen and oxygen atoms in total. The Labute approximate surface area is 90.2 Å². The Hall–Kier alpha value is -1.26. The molecule has 0 spiro atoms. The average Bonchev–Trinajstić information content (AvgIpc) is 2.17. The number of rotatable bonds is 5. The molecule has 2 N–H and O–H groups in total. The normalized spacial score (nSPS) is 9.80. The van der Waals surface area contributed by atoms with E-state index in [0.29, 0.717) is 17.8 Å². The van der Waals surface area contributed by atoms with Crippen LogP contribution in [0.2, 0.25) is 0 Å². The highest BCUT2D eigenvalue weighted by Gasteiger charge is 2.15. The molecule has 0 atom stereocenters. The van der Waals surface area contributed by atoms with Gasteiger partial charge in [0.25, 0.3) is 0 Å². The summed E-state index contributed by atoms with van der Waals surface area (Å²) in [6.07, 6.45) is 0.760. The minimum Gasteiger partial charge on any atom is -0.494 e. The summed E-state index contributed by atoms with van der Waals surface area (Å²) < 4.78 is 5.43. The molecule has 0 saturated heterocycles. The highest BCUT2D eigenvalue weighted by Crippen LogP contribution is 2.08. The van der Waals surface area contributed by atoms with E-state index in [1.807, 2.05) is 6.92 Å². The number of ether oxygens (including phenoxy) is 1. The molecule has 15 heavy (non-hydrogen) atoms. The molecule has 0 saturated carbocycles. The van der Waals surface area contributed by atoms with Crippen LogP contribution in [-0.4, -0.2) is 23.8 Å². The minimum atomic E-state index is -1.49. The third-order valence-corrected chi connectivity index (χ3v) is 1.98. The van der Waals surface area contributed by atoms with Gasteiger partial charge < -0.3 is 14.8 Å². The van der Waals surface area contributed by atoms with E-state index in [0.717, 1.165) is 12.0 Å². The molecule has 80 valence electrons. The van der Waals surface area contributed by atoms with E-state index in [1.165, 1.54) is 0 Å². The van der Waals surface area contributed by atoms with Gasteiger partial charge in [0.1, 0.15) is 5.75 Å². The topological polar surface area (TPSA) is 49.7 Å². The largest absolute Gasteiger partial charge is 0.494 e. The van der Waals surface area contributed by atoms with Gasteiger partial charge in [0.2, 0.25) is 0 Å². The van der Waals surface area contributed by atoms with E-state index in [-0.39, 0.29) is 0 Å². The second-order valence-corrected chi connectivity index (χ2v) is 3.47. The Bertz CT molecular complexity index is 336. The van der Waals surface area contributed by atoms with Crippen LogP contribution in [0.4, 0.5) is 0 Å². The Morgan fingerprint density at radius 1 is 1.40 bits per heavy atom. The third-order valence-electron chi connectivity index (χ3n) is 1.98. The van der Waals surface area contributed by atoms with Crippen molar-refractivity contribution in [1.29, 1.82) is 0 Å². The highest BCUT2D eigenvalue weighted by atomic mass is 16.5. The first-order valence-corrected chi connectivity index (χ1v) is 4.83. The molecule has 0 aliphatic carbocycles. The van der Waals surface area contributed by atoms with Crippen LogP contribution < -0.4 is 10.2 Å². The van der Waals surface area contributed by atoms with Crippen LogP contribution in [0.3, 0.4) is 0 Å². The van der Waals surface area contributed by atoms with Crippen molar-refractivity contribution in [2.75, 3.05) is 6.61 Å². The van der Waals surface area contributed by atoms with Gasteiger partial charge in [0.15, 0.2) is 0 Å². The lowest BCUT2D eigenvalue weighted by Crippen LogP contribution is -2.31. The standard InChI is InChI=1S/C11H15BO3/c1-9(2)7-8-15-11-6-4-3-5-10(11)12(13)14/h3-6,13-14H,1,7-8H2,2H3. The molecular weight excluding hydrogens is 191 g/mol. The zero-order chi connectivity index (χ0) is 11.3. The number of para-hydroxylation sites is 1. The fourth-order valence-electron chi connectivity index (χ4n) is 1.16. The van der Waals surface area contributed by atoms with Gasteiger partial charge in [0.05, 0.1) is 6.61 Å². The van der Waals surface area contributed by atoms with Gasteiger partial charge in [-0.25, -0.2) is 0 Å². The molecule has 0 aliphatic rings. The van der Waals surface area contributed by atoms with Crippen LogP contribution in [0.25, 0.3) is 0 Å². The van der Waals surface area contributed by atoms with Gasteiger partial charge in [-0.15, -0.1) is 6.58 Å². The van der Waals surface area contributed by atoms with Gasteiger partial charge in [0, 0.05) is 11.9 Å². The summed E-state index contributed by atoms with van der Waals surface area (Å²) in [4.78, 5) is 0. The maximum Gasteiger partial charge on any atom is 0.492 e. The smallest absolute Gasteiger partial charge is 0.492 e. The molecule has 0 bridgehead atoms. The molecule has 0 amide bonds. The molecule has 0 aliphatic heterocycles. The Morgan fingerprint density at radius 2 is 2.07 bits per heavy atom. The number of benzene rings is 1. The molecule has 0 aromatic heterocycles. The quantitative estimate of drug-likeness (QED) is 0.551. The predicted molar refractivity (Wildman–Crippen MR) is 61.2 cm³/mol. The van der Waals surface area contributed by atoms with Crippen molar-refractivity contribution in [3.8, 4) is 5.75 Å². The van der Waals surface area contributed by atoms with E-state index in [2.05, 4.69) is 6.58 Å². The lowest BCUT2D eigenvalue weighted by molar-refractivity contribution is 0.322. The maximum absolute atomic E-state index is 9.07. The van der Waals surface area contributed by atoms with Crippen LogP contribution >= 0.6 is 0 Å². The summed E-state index contributed by atoms with van der Waals surface area (Å²) in [6, 6.07) is 6.87.